The van der Waals surface area contributed by atoms with Crippen LogP contribution in [-0.4, -0.2) is 23.5 Å². The maximum Gasteiger partial charge on any atom is 0.233 e. The highest BCUT2D eigenvalue weighted by molar-refractivity contribution is 5.93. The summed E-state index contributed by atoms with van der Waals surface area (Å²) in [5.41, 5.74) is 0.967. The van der Waals surface area contributed by atoms with Crippen LogP contribution in [0.5, 0.6) is 0 Å². The molecule has 0 radical (unpaired) electrons. The van der Waals surface area contributed by atoms with Gasteiger partial charge in [0.1, 0.15) is 12.3 Å². The number of hydrogen-bond donors (Lipinski definition) is 1. The zero-order chi connectivity index (χ0) is 7.68. The molecule has 0 saturated heterocycles. The summed E-state index contributed by atoms with van der Waals surface area (Å²) in [6.45, 7) is 2.74. The Hall–Kier alpha value is -1.25. The Kier molecular flexibility index (Phi) is 1.42. The van der Waals surface area contributed by atoms with E-state index in [1.807, 2.05) is 25.3 Å². The van der Waals surface area contributed by atoms with Crippen molar-refractivity contribution in [2.75, 3.05) is 6.61 Å². The van der Waals surface area contributed by atoms with E-state index in [2.05, 4.69) is 9.98 Å². The van der Waals surface area contributed by atoms with Gasteiger partial charge in [0.2, 0.25) is 5.90 Å². The maximum absolute atomic E-state index is 5.33. The van der Waals surface area contributed by atoms with Gasteiger partial charge in [-0.3, -0.25) is 0 Å². The minimum atomic E-state index is 0.299. The molecule has 58 valence electrons. The van der Waals surface area contributed by atoms with Gasteiger partial charge in [-0.05, 0) is 19.1 Å². The summed E-state index contributed by atoms with van der Waals surface area (Å²) in [5.74, 6) is 0.738. The van der Waals surface area contributed by atoms with E-state index in [0.717, 1.165) is 11.6 Å². The fraction of sp³-hybridized carbons (Fsp3) is 0.375. The van der Waals surface area contributed by atoms with Gasteiger partial charge in [0, 0.05) is 6.20 Å². The summed E-state index contributed by atoms with van der Waals surface area (Å²) < 4.78 is 5.33. The van der Waals surface area contributed by atoms with Gasteiger partial charge >= 0.3 is 0 Å². The number of rotatable bonds is 1. The number of aliphatic imine (C=N–C) groups is 1. The quantitative estimate of drug-likeness (QED) is 0.641. The monoisotopic (exact) mass is 150 g/mol. The molecule has 0 amide bonds. The lowest BCUT2D eigenvalue weighted by molar-refractivity contribution is 0.323. The number of hydrogen-bond acceptors (Lipinski definition) is 2. The molecule has 3 heteroatoms. The van der Waals surface area contributed by atoms with Gasteiger partial charge in [-0.2, -0.15) is 0 Å². The van der Waals surface area contributed by atoms with Crippen LogP contribution in [0.15, 0.2) is 23.3 Å². The third kappa shape index (κ3) is 1.13. The number of aromatic amines is 1. The van der Waals surface area contributed by atoms with Crippen LogP contribution in [0.25, 0.3) is 0 Å². The predicted molar refractivity (Wildman–Crippen MR) is 42.7 cm³/mol. The van der Waals surface area contributed by atoms with Crippen LogP contribution in [0.1, 0.15) is 12.6 Å². The fourth-order valence-electron chi connectivity index (χ4n) is 1.08. The first kappa shape index (κ1) is 6.46. The summed E-state index contributed by atoms with van der Waals surface area (Å²) in [7, 11) is 0. The molecule has 11 heavy (non-hydrogen) atoms. The van der Waals surface area contributed by atoms with Crippen molar-refractivity contribution < 1.29 is 4.74 Å². The van der Waals surface area contributed by atoms with E-state index in [0.29, 0.717) is 12.6 Å². The fourth-order valence-corrected chi connectivity index (χ4v) is 1.08. The topological polar surface area (TPSA) is 37.4 Å². The molecule has 0 aromatic carbocycles. The summed E-state index contributed by atoms with van der Waals surface area (Å²) >= 11 is 0. The second-order valence-corrected chi connectivity index (χ2v) is 2.68. The zero-order valence-corrected chi connectivity index (χ0v) is 6.37. The van der Waals surface area contributed by atoms with Crippen LogP contribution >= 0.6 is 0 Å². The summed E-state index contributed by atoms with van der Waals surface area (Å²) in [6, 6.07) is 4.19. The number of nitrogens with zero attached hydrogens (tertiary/aromatic N) is 1. The molecule has 2 rings (SSSR count). The molecule has 2 heterocycles. The minimum absolute atomic E-state index is 0.299. The van der Waals surface area contributed by atoms with E-state index in [4.69, 9.17) is 4.74 Å². The maximum atomic E-state index is 5.33. The Balaban J connectivity index is 2.25. The number of nitrogens with one attached hydrogen (secondary N) is 1. The minimum Gasteiger partial charge on any atom is -0.474 e. The number of H-pyrrole nitrogens is 1. The average Bonchev–Trinajstić information content (AvgIpc) is 2.55. The molecule has 1 N–H and O–H groups in total. The molecule has 0 spiro atoms. The van der Waals surface area contributed by atoms with Gasteiger partial charge in [0.25, 0.3) is 0 Å². The Morgan fingerprint density at radius 1 is 1.73 bits per heavy atom. The highest BCUT2D eigenvalue weighted by Crippen LogP contribution is 2.09. The van der Waals surface area contributed by atoms with Crippen molar-refractivity contribution in [1.29, 1.82) is 0 Å². The molecule has 1 aromatic heterocycles. The van der Waals surface area contributed by atoms with Crippen molar-refractivity contribution in [2.24, 2.45) is 4.99 Å². The normalized spacial score (nSPS) is 23.0. The highest BCUT2D eigenvalue weighted by atomic mass is 16.5. The van der Waals surface area contributed by atoms with E-state index >= 15 is 0 Å². The smallest absolute Gasteiger partial charge is 0.233 e. The Bertz CT molecular complexity index is 264. The lowest BCUT2D eigenvalue weighted by Gasteiger charge is -1.95. The Morgan fingerprint density at radius 3 is 3.18 bits per heavy atom. The first-order valence-corrected chi connectivity index (χ1v) is 3.70. The second-order valence-electron chi connectivity index (χ2n) is 2.68. The number of ether oxygens (including phenoxy) is 1. The SMILES string of the molecule is CC1COC(c2ccc[nH]2)=N1. The first-order valence-electron chi connectivity index (χ1n) is 3.70. The third-order valence-corrected chi connectivity index (χ3v) is 1.63. The van der Waals surface area contributed by atoms with Crippen LogP contribution in [0.3, 0.4) is 0 Å². The van der Waals surface area contributed by atoms with Crippen LogP contribution in [0, 0.1) is 0 Å². The Labute approximate surface area is 65.1 Å². The standard InChI is InChI=1S/C8H10N2O/c1-6-5-11-8(10-6)7-3-2-4-9-7/h2-4,6,9H,5H2,1H3. The third-order valence-electron chi connectivity index (χ3n) is 1.63. The molecule has 0 aliphatic carbocycles. The summed E-state index contributed by atoms with van der Waals surface area (Å²) in [4.78, 5) is 7.34. The van der Waals surface area contributed by atoms with Gasteiger partial charge in [0.05, 0.1) is 6.04 Å². The lowest BCUT2D eigenvalue weighted by Crippen LogP contribution is -2.01. The van der Waals surface area contributed by atoms with Crippen LogP contribution in [0.4, 0.5) is 0 Å². The molecular weight excluding hydrogens is 140 g/mol. The van der Waals surface area contributed by atoms with Crippen LogP contribution < -0.4 is 0 Å². The average molecular weight is 150 g/mol. The van der Waals surface area contributed by atoms with E-state index in [-0.39, 0.29) is 0 Å². The molecule has 0 bridgehead atoms. The lowest BCUT2D eigenvalue weighted by atomic mass is 10.4. The largest absolute Gasteiger partial charge is 0.474 e. The highest BCUT2D eigenvalue weighted by Gasteiger charge is 2.15. The number of aromatic nitrogens is 1. The first-order chi connectivity index (χ1) is 5.36. The van der Waals surface area contributed by atoms with Gasteiger partial charge in [-0.25, -0.2) is 4.99 Å². The molecule has 1 atom stereocenters. The molecule has 1 aliphatic rings. The summed E-state index contributed by atoms with van der Waals surface area (Å²) in [6.07, 6.45) is 1.87. The molecule has 0 saturated carbocycles. The van der Waals surface area contributed by atoms with Crippen molar-refractivity contribution in [2.45, 2.75) is 13.0 Å². The molecule has 0 fully saturated rings. The van der Waals surface area contributed by atoms with Crippen molar-refractivity contribution in [3.63, 3.8) is 0 Å². The van der Waals surface area contributed by atoms with E-state index in [1.165, 1.54) is 0 Å². The predicted octanol–water partition coefficient (Wildman–Crippen LogP) is 1.18. The molecular formula is C8H10N2O. The van der Waals surface area contributed by atoms with Gasteiger partial charge in [-0.1, -0.05) is 0 Å². The summed E-state index contributed by atoms with van der Waals surface area (Å²) in [5, 5.41) is 0. The van der Waals surface area contributed by atoms with E-state index in [9.17, 15) is 0 Å². The van der Waals surface area contributed by atoms with Crippen LogP contribution in [-0.2, 0) is 4.74 Å². The van der Waals surface area contributed by atoms with E-state index in [1.54, 1.807) is 0 Å². The molecule has 1 aromatic rings. The second kappa shape index (κ2) is 2.42. The van der Waals surface area contributed by atoms with E-state index < -0.39 is 0 Å². The molecule has 1 unspecified atom stereocenters. The van der Waals surface area contributed by atoms with Crippen LogP contribution in [0.2, 0.25) is 0 Å². The van der Waals surface area contributed by atoms with Crippen molar-refractivity contribution >= 4 is 5.90 Å². The van der Waals surface area contributed by atoms with Gasteiger partial charge in [-0.15, -0.1) is 0 Å². The van der Waals surface area contributed by atoms with Crippen molar-refractivity contribution in [3.8, 4) is 0 Å². The van der Waals surface area contributed by atoms with Crippen molar-refractivity contribution in [3.05, 3.63) is 24.0 Å². The van der Waals surface area contributed by atoms with Gasteiger partial charge in [0.15, 0.2) is 0 Å². The van der Waals surface area contributed by atoms with Gasteiger partial charge < -0.3 is 9.72 Å². The molecule has 1 aliphatic heterocycles. The zero-order valence-electron chi connectivity index (χ0n) is 6.37. The molecule has 3 nitrogen and oxygen atoms in total. The Morgan fingerprint density at radius 2 is 2.64 bits per heavy atom. The van der Waals surface area contributed by atoms with Crippen molar-refractivity contribution in [1.82, 2.24) is 4.98 Å².